The molecule has 0 spiro atoms. The molecule has 146 valence electrons. The minimum atomic E-state index is -4.69. The van der Waals surface area contributed by atoms with Gasteiger partial charge in [0.15, 0.2) is 0 Å². The van der Waals surface area contributed by atoms with E-state index < -0.39 is 17.6 Å². The molecule has 0 fully saturated rings. The van der Waals surface area contributed by atoms with Crippen molar-refractivity contribution in [3.8, 4) is 0 Å². The third-order valence-electron chi connectivity index (χ3n) is 4.34. The molecule has 0 unspecified atom stereocenters. The zero-order valence-corrected chi connectivity index (χ0v) is 15.8. The number of aromatic nitrogens is 1. The fourth-order valence-electron chi connectivity index (χ4n) is 3.00. The fourth-order valence-corrected chi connectivity index (χ4v) is 4.06. The van der Waals surface area contributed by atoms with Crippen molar-refractivity contribution in [3.05, 3.63) is 84.3 Å². The molecule has 1 aromatic heterocycles. The summed E-state index contributed by atoms with van der Waals surface area (Å²) in [5.41, 5.74) is 6.00. The van der Waals surface area contributed by atoms with Gasteiger partial charge in [-0.15, -0.1) is 0 Å². The summed E-state index contributed by atoms with van der Waals surface area (Å²) in [6.45, 7) is 0. The standard InChI is InChI=1S/C21H15F3N4S/c22-21(23,24)20(26)12-14(25)15-11-13(9-10-27-15)28-16-5-1-3-7-18(16)29-19-8-4-2-6-17(19)28/h1-12,25H,26H2. The SMILES string of the molecule is N=C(C=C(N)C(F)(F)F)c1cc(N2c3ccccc3Sc3ccccc32)ccn1. The van der Waals surface area contributed by atoms with Gasteiger partial charge < -0.3 is 10.6 Å². The predicted octanol–water partition coefficient (Wildman–Crippen LogP) is 5.79. The number of nitrogens with two attached hydrogens (primary N) is 1. The molecule has 2 heterocycles. The van der Waals surface area contributed by atoms with E-state index in [9.17, 15) is 13.2 Å². The number of nitrogens with zero attached hydrogens (tertiary/aromatic N) is 2. The van der Waals surface area contributed by atoms with Gasteiger partial charge in [-0.3, -0.25) is 10.4 Å². The van der Waals surface area contributed by atoms with Gasteiger partial charge in [-0.2, -0.15) is 13.2 Å². The van der Waals surface area contributed by atoms with Crippen LogP contribution in [0.3, 0.4) is 0 Å². The van der Waals surface area contributed by atoms with Gasteiger partial charge in [0.2, 0.25) is 0 Å². The van der Waals surface area contributed by atoms with Gasteiger partial charge in [-0.05, 0) is 42.5 Å². The van der Waals surface area contributed by atoms with Crippen LogP contribution in [0.4, 0.5) is 30.2 Å². The van der Waals surface area contributed by atoms with E-state index in [2.05, 4.69) is 4.98 Å². The van der Waals surface area contributed by atoms with Crippen molar-refractivity contribution in [2.45, 2.75) is 16.0 Å². The number of para-hydroxylation sites is 2. The average molecular weight is 412 g/mol. The van der Waals surface area contributed by atoms with E-state index in [0.717, 1.165) is 21.2 Å². The Morgan fingerprint density at radius 1 is 1.00 bits per heavy atom. The molecule has 0 bridgehead atoms. The van der Waals surface area contributed by atoms with Gasteiger partial charge in [0.25, 0.3) is 0 Å². The Kier molecular flexibility index (Phi) is 4.79. The second-order valence-corrected chi connectivity index (χ2v) is 7.37. The van der Waals surface area contributed by atoms with E-state index in [-0.39, 0.29) is 5.69 Å². The number of allylic oxidation sites excluding steroid dienone is 2. The van der Waals surface area contributed by atoms with Crippen molar-refractivity contribution in [3.63, 3.8) is 0 Å². The number of benzene rings is 2. The largest absolute Gasteiger partial charge is 0.430 e. The Morgan fingerprint density at radius 3 is 2.17 bits per heavy atom. The molecule has 8 heteroatoms. The molecule has 0 saturated heterocycles. The van der Waals surface area contributed by atoms with Gasteiger partial charge in [0.05, 0.1) is 22.8 Å². The maximum atomic E-state index is 12.7. The molecule has 4 rings (SSSR count). The van der Waals surface area contributed by atoms with Gasteiger partial charge >= 0.3 is 6.18 Å². The van der Waals surface area contributed by atoms with Crippen LogP contribution < -0.4 is 10.6 Å². The topological polar surface area (TPSA) is 66.0 Å². The van der Waals surface area contributed by atoms with Crippen LogP contribution >= 0.6 is 11.8 Å². The maximum Gasteiger partial charge on any atom is 0.430 e. The van der Waals surface area contributed by atoms with Crippen molar-refractivity contribution in [1.82, 2.24) is 4.98 Å². The van der Waals surface area contributed by atoms with Crippen LogP contribution in [0, 0.1) is 5.41 Å². The minimum Gasteiger partial charge on any atom is -0.395 e. The van der Waals surface area contributed by atoms with Crippen LogP contribution in [0.15, 0.2) is 88.4 Å². The number of anilines is 3. The summed E-state index contributed by atoms with van der Waals surface area (Å²) in [7, 11) is 0. The quantitative estimate of drug-likeness (QED) is 0.418. The molecule has 0 radical (unpaired) electrons. The van der Waals surface area contributed by atoms with Crippen LogP contribution in [0.2, 0.25) is 0 Å². The van der Waals surface area contributed by atoms with E-state index in [4.69, 9.17) is 11.1 Å². The Morgan fingerprint density at radius 2 is 1.59 bits per heavy atom. The van der Waals surface area contributed by atoms with Crippen LogP contribution in [-0.2, 0) is 0 Å². The smallest absolute Gasteiger partial charge is 0.395 e. The molecule has 29 heavy (non-hydrogen) atoms. The lowest BCUT2D eigenvalue weighted by atomic mass is 10.1. The van der Waals surface area contributed by atoms with Crippen LogP contribution in [-0.4, -0.2) is 16.9 Å². The first-order chi connectivity index (χ1) is 13.8. The van der Waals surface area contributed by atoms with Gasteiger partial charge in [0, 0.05) is 21.7 Å². The van der Waals surface area contributed by atoms with Gasteiger partial charge in [0.1, 0.15) is 5.70 Å². The number of alkyl halides is 3. The highest BCUT2D eigenvalue weighted by atomic mass is 32.2. The summed E-state index contributed by atoms with van der Waals surface area (Å²) >= 11 is 1.65. The fraction of sp³-hybridized carbons (Fsp3) is 0.0476. The van der Waals surface area contributed by atoms with Crippen LogP contribution in [0.5, 0.6) is 0 Å². The second kappa shape index (κ2) is 7.29. The molecule has 0 saturated carbocycles. The molecule has 0 aliphatic carbocycles. The highest BCUT2D eigenvalue weighted by Gasteiger charge is 2.32. The molecule has 1 aliphatic heterocycles. The van der Waals surface area contributed by atoms with E-state index in [1.807, 2.05) is 53.4 Å². The first-order valence-corrected chi connectivity index (χ1v) is 9.41. The van der Waals surface area contributed by atoms with Crippen molar-refractivity contribution in [1.29, 1.82) is 5.41 Å². The Bertz CT molecular complexity index is 1080. The van der Waals surface area contributed by atoms with Crippen molar-refractivity contribution >= 4 is 34.5 Å². The molecular weight excluding hydrogens is 397 g/mol. The lowest BCUT2D eigenvalue weighted by molar-refractivity contribution is -0.0925. The van der Waals surface area contributed by atoms with Gasteiger partial charge in [-0.25, -0.2) is 0 Å². The second-order valence-electron chi connectivity index (χ2n) is 6.28. The highest BCUT2D eigenvalue weighted by molar-refractivity contribution is 7.99. The minimum absolute atomic E-state index is 0.0999. The third kappa shape index (κ3) is 3.71. The molecule has 4 nitrogen and oxygen atoms in total. The normalized spacial score (nSPS) is 13.6. The van der Waals surface area contributed by atoms with E-state index >= 15 is 0 Å². The van der Waals surface area contributed by atoms with E-state index in [1.165, 1.54) is 6.20 Å². The number of hydrogen-bond donors (Lipinski definition) is 2. The number of pyridine rings is 1. The van der Waals surface area contributed by atoms with E-state index in [0.29, 0.717) is 11.8 Å². The number of rotatable bonds is 3. The number of fused-ring (bicyclic) bond motifs is 2. The third-order valence-corrected chi connectivity index (χ3v) is 5.47. The van der Waals surface area contributed by atoms with E-state index in [1.54, 1.807) is 23.9 Å². The molecule has 1 aliphatic rings. The summed E-state index contributed by atoms with van der Waals surface area (Å²) in [6, 6.07) is 19.1. The molecule has 0 atom stereocenters. The Hall–Kier alpha value is -3.26. The summed E-state index contributed by atoms with van der Waals surface area (Å²) in [5.74, 6) is 0. The average Bonchev–Trinajstić information content (AvgIpc) is 2.71. The molecule has 2 aromatic carbocycles. The first kappa shape index (κ1) is 19.1. The number of halogens is 3. The summed E-state index contributed by atoms with van der Waals surface area (Å²) in [4.78, 5) is 8.18. The zero-order chi connectivity index (χ0) is 20.6. The lowest BCUT2D eigenvalue weighted by Crippen LogP contribution is -2.21. The molecule has 0 amide bonds. The van der Waals surface area contributed by atoms with Crippen LogP contribution in [0.1, 0.15) is 5.69 Å². The summed E-state index contributed by atoms with van der Waals surface area (Å²) in [6.07, 6.45) is -2.63. The Balaban J connectivity index is 1.79. The zero-order valence-electron chi connectivity index (χ0n) is 14.9. The Labute approximate surface area is 169 Å². The van der Waals surface area contributed by atoms with Crippen molar-refractivity contribution in [2.75, 3.05) is 4.90 Å². The molecular formula is C21H15F3N4S. The first-order valence-electron chi connectivity index (χ1n) is 8.60. The van der Waals surface area contributed by atoms with Gasteiger partial charge in [-0.1, -0.05) is 36.0 Å². The molecule has 3 N–H and O–H groups in total. The molecule has 3 aromatic rings. The highest BCUT2D eigenvalue weighted by Crippen LogP contribution is 2.51. The lowest BCUT2D eigenvalue weighted by Gasteiger charge is -2.32. The number of hydrogen-bond acceptors (Lipinski definition) is 5. The monoisotopic (exact) mass is 412 g/mol. The van der Waals surface area contributed by atoms with Crippen LogP contribution in [0.25, 0.3) is 0 Å². The summed E-state index contributed by atoms with van der Waals surface area (Å²) < 4.78 is 38.1. The predicted molar refractivity (Wildman–Crippen MR) is 108 cm³/mol. The summed E-state index contributed by atoms with van der Waals surface area (Å²) in [5, 5.41) is 8.00. The maximum absolute atomic E-state index is 12.7. The number of nitrogens with one attached hydrogen (secondary N) is 1. The van der Waals surface area contributed by atoms with Crippen molar-refractivity contribution < 1.29 is 13.2 Å². The van der Waals surface area contributed by atoms with Crippen molar-refractivity contribution in [2.24, 2.45) is 5.73 Å².